The van der Waals surface area contributed by atoms with Crippen LogP contribution < -0.4 is 15.2 Å². The Labute approximate surface area is 242 Å². The SMILES string of the molecule is CCc1c(-c2ccc(Oc3cccc(OCc4cncs4)c3)cc2)c2c(N)ncnc2n1C1CCCN(C(C)=O)C1. The first-order chi connectivity index (χ1) is 20.0. The zero-order valence-electron chi connectivity index (χ0n) is 23.1. The predicted octanol–water partition coefficient (Wildman–Crippen LogP) is 6.25. The Kier molecular flexibility index (Phi) is 7.56. The van der Waals surface area contributed by atoms with Crippen molar-refractivity contribution in [2.24, 2.45) is 0 Å². The Morgan fingerprint density at radius 3 is 2.71 bits per heavy atom. The number of fused-ring (bicyclic) bond motifs is 1. The van der Waals surface area contributed by atoms with Crippen LogP contribution in [0.4, 0.5) is 5.82 Å². The van der Waals surface area contributed by atoms with E-state index in [1.807, 2.05) is 59.6 Å². The molecule has 41 heavy (non-hydrogen) atoms. The van der Waals surface area contributed by atoms with Gasteiger partial charge >= 0.3 is 0 Å². The van der Waals surface area contributed by atoms with Gasteiger partial charge in [0.05, 0.1) is 21.8 Å². The third kappa shape index (κ3) is 5.47. The van der Waals surface area contributed by atoms with E-state index in [-0.39, 0.29) is 11.9 Å². The first kappa shape index (κ1) is 26.8. The molecule has 4 heterocycles. The number of carbonyl (C=O) groups is 1. The molecule has 5 aromatic rings. The van der Waals surface area contributed by atoms with E-state index in [4.69, 9.17) is 15.2 Å². The number of carbonyl (C=O) groups excluding carboxylic acids is 1. The van der Waals surface area contributed by atoms with Crippen molar-refractivity contribution >= 4 is 34.1 Å². The van der Waals surface area contributed by atoms with E-state index in [1.165, 1.54) is 6.33 Å². The molecule has 1 fully saturated rings. The highest BCUT2D eigenvalue weighted by atomic mass is 32.1. The van der Waals surface area contributed by atoms with Crippen molar-refractivity contribution in [1.82, 2.24) is 24.4 Å². The maximum absolute atomic E-state index is 12.2. The third-order valence-electron chi connectivity index (χ3n) is 7.50. The summed E-state index contributed by atoms with van der Waals surface area (Å²) < 4.78 is 14.4. The summed E-state index contributed by atoms with van der Waals surface area (Å²) in [5.74, 6) is 2.69. The second kappa shape index (κ2) is 11.6. The molecule has 0 saturated carbocycles. The lowest BCUT2D eigenvalue weighted by Gasteiger charge is -2.34. The second-order valence-electron chi connectivity index (χ2n) is 10.1. The van der Waals surface area contributed by atoms with E-state index in [1.54, 1.807) is 23.8 Å². The molecule has 0 aliphatic carbocycles. The van der Waals surface area contributed by atoms with E-state index >= 15 is 0 Å². The topological polar surface area (TPSA) is 108 Å². The lowest BCUT2D eigenvalue weighted by Crippen LogP contribution is -2.39. The van der Waals surface area contributed by atoms with Crippen LogP contribution >= 0.6 is 11.3 Å². The quantitative estimate of drug-likeness (QED) is 0.236. The number of aromatic nitrogens is 4. The van der Waals surface area contributed by atoms with Crippen molar-refractivity contribution in [2.75, 3.05) is 18.8 Å². The molecule has 1 saturated heterocycles. The number of nitrogens with two attached hydrogens (primary N) is 1. The minimum Gasteiger partial charge on any atom is -0.488 e. The van der Waals surface area contributed by atoms with Crippen LogP contribution in [0, 0.1) is 0 Å². The van der Waals surface area contributed by atoms with Gasteiger partial charge in [0.1, 0.15) is 41.6 Å². The summed E-state index contributed by atoms with van der Waals surface area (Å²) in [6, 6.07) is 15.7. The van der Waals surface area contributed by atoms with E-state index in [0.29, 0.717) is 30.5 Å². The molecule has 1 amide bonds. The van der Waals surface area contributed by atoms with Crippen LogP contribution in [0.2, 0.25) is 0 Å². The Morgan fingerprint density at radius 1 is 1.12 bits per heavy atom. The average molecular weight is 569 g/mol. The maximum Gasteiger partial charge on any atom is 0.219 e. The molecule has 2 aromatic carbocycles. The molecule has 0 bridgehead atoms. The number of anilines is 1. The summed E-state index contributed by atoms with van der Waals surface area (Å²) in [6.45, 7) is 5.70. The summed E-state index contributed by atoms with van der Waals surface area (Å²) in [5.41, 5.74) is 12.3. The monoisotopic (exact) mass is 568 g/mol. The van der Waals surface area contributed by atoms with E-state index in [9.17, 15) is 4.79 Å². The van der Waals surface area contributed by atoms with Gasteiger partial charge in [-0.15, -0.1) is 11.3 Å². The predicted molar refractivity (Wildman–Crippen MR) is 160 cm³/mol. The molecule has 6 rings (SSSR count). The highest BCUT2D eigenvalue weighted by molar-refractivity contribution is 7.09. The number of likely N-dealkylation sites (tertiary alicyclic amines) is 1. The highest BCUT2D eigenvalue weighted by Crippen LogP contribution is 2.41. The molecule has 3 aromatic heterocycles. The van der Waals surface area contributed by atoms with Gasteiger partial charge in [-0.2, -0.15) is 0 Å². The van der Waals surface area contributed by atoms with Crippen LogP contribution in [-0.2, 0) is 17.8 Å². The minimum absolute atomic E-state index is 0.103. The van der Waals surface area contributed by atoms with Gasteiger partial charge in [-0.25, -0.2) is 9.97 Å². The highest BCUT2D eigenvalue weighted by Gasteiger charge is 2.29. The zero-order chi connectivity index (χ0) is 28.3. The van der Waals surface area contributed by atoms with Crippen molar-refractivity contribution in [1.29, 1.82) is 0 Å². The molecule has 0 spiro atoms. The molecule has 1 atom stereocenters. The second-order valence-corrected chi connectivity index (χ2v) is 11.1. The summed E-state index contributed by atoms with van der Waals surface area (Å²) >= 11 is 1.56. The van der Waals surface area contributed by atoms with Gasteiger partial charge in [0.2, 0.25) is 5.91 Å². The van der Waals surface area contributed by atoms with Gasteiger partial charge < -0.3 is 24.7 Å². The lowest BCUT2D eigenvalue weighted by atomic mass is 10.0. The molecular formula is C31H32N6O3S. The normalized spacial score (nSPS) is 15.3. The first-order valence-electron chi connectivity index (χ1n) is 13.8. The molecule has 2 N–H and O–H groups in total. The number of benzene rings is 2. The van der Waals surface area contributed by atoms with Gasteiger partial charge in [0.25, 0.3) is 0 Å². The molecule has 1 unspecified atom stereocenters. The number of ether oxygens (including phenoxy) is 2. The Balaban J connectivity index is 1.29. The largest absolute Gasteiger partial charge is 0.488 e. The number of nitrogens with zero attached hydrogens (tertiary/aromatic N) is 5. The van der Waals surface area contributed by atoms with Crippen molar-refractivity contribution in [3.05, 3.63) is 77.1 Å². The fourth-order valence-corrected chi connectivity index (χ4v) is 6.13. The van der Waals surface area contributed by atoms with E-state index in [0.717, 1.165) is 64.3 Å². The lowest BCUT2D eigenvalue weighted by molar-refractivity contribution is -0.130. The van der Waals surface area contributed by atoms with Gasteiger partial charge in [0.15, 0.2) is 0 Å². The first-order valence-corrected chi connectivity index (χ1v) is 14.7. The number of piperidine rings is 1. The van der Waals surface area contributed by atoms with Gasteiger partial charge in [-0.05, 0) is 49.1 Å². The van der Waals surface area contributed by atoms with Gasteiger partial charge in [-0.1, -0.05) is 25.1 Å². The van der Waals surface area contributed by atoms with Gasteiger partial charge in [-0.3, -0.25) is 9.78 Å². The molecule has 1 aliphatic heterocycles. The minimum atomic E-state index is 0.103. The van der Waals surface area contributed by atoms with Crippen LogP contribution in [0.3, 0.4) is 0 Å². The average Bonchev–Trinajstić information content (AvgIpc) is 3.63. The molecule has 10 heteroatoms. The van der Waals surface area contributed by atoms with Crippen molar-refractivity contribution in [3.63, 3.8) is 0 Å². The Bertz CT molecular complexity index is 1670. The third-order valence-corrected chi connectivity index (χ3v) is 8.26. The van der Waals surface area contributed by atoms with Crippen molar-refractivity contribution in [2.45, 2.75) is 45.8 Å². The van der Waals surface area contributed by atoms with Crippen LogP contribution in [0.5, 0.6) is 17.2 Å². The Morgan fingerprint density at radius 2 is 1.95 bits per heavy atom. The summed E-state index contributed by atoms with van der Waals surface area (Å²) in [7, 11) is 0. The van der Waals surface area contributed by atoms with E-state index < -0.39 is 0 Å². The summed E-state index contributed by atoms with van der Waals surface area (Å²) in [4.78, 5) is 28.3. The van der Waals surface area contributed by atoms with Crippen LogP contribution in [0.15, 0.2) is 66.6 Å². The number of rotatable bonds is 8. The molecule has 1 aliphatic rings. The standard InChI is InChI=1S/C31H32N6O3S/c1-3-27-28(29-30(32)34-18-35-31(29)37(27)22-6-5-13-36(16-22)20(2)38)21-9-11-23(12-10-21)40-25-8-4-7-24(14-25)39-17-26-15-33-19-41-26/h4,7-12,14-15,18-19,22H,3,5-6,13,16-17H2,1-2H3,(H2,32,34,35). The smallest absolute Gasteiger partial charge is 0.219 e. The molecule has 210 valence electrons. The number of amides is 1. The molecular weight excluding hydrogens is 536 g/mol. The van der Waals surface area contributed by atoms with E-state index in [2.05, 4.69) is 26.4 Å². The Hall–Kier alpha value is -4.44. The summed E-state index contributed by atoms with van der Waals surface area (Å²) in [5, 5.41) is 0.851. The van der Waals surface area contributed by atoms with Crippen LogP contribution in [0.25, 0.3) is 22.2 Å². The number of nitrogen functional groups attached to an aromatic ring is 1. The van der Waals surface area contributed by atoms with Crippen molar-refractivity contribution in [3.8, 4) is 28.4 Å². The number of hydrogen-bond acceptors (Lipinski definition) is 8. The number of hydrogen-bond donors (Lipinski definition) is 1. The molecule has 9 nitrogen and oxygen atoms in total. The molecule has 0 radical (unpaired) electrons. The fourth-order valence-electron chi connectivity index (χ4n) is 5.63. The van der Waals surface area contributed by atoms with Crippen LogP contribution in [0.1, 0.15) is 43.3 Å². The van der Waals surface area contributed by atoms with Crippen molar-refractivity contribution < 1.29 is 14.3 Å². The summed E-state index contributed by atoms with van der Waals surface area (Å²) in [6.07, 6.45) is 6.04. The number of thiazole rings is 1. The maximum atomic E-state index is 12.2. The van der Waals surface area contributed by atoms with Crippen LogP contribution in [-0.4, -0.2) is 43.4 Å². The zero-order valence-corrected chi connectivity index (χ0v) is 23.9. The van der Waals surface area contributed by atoms with Gasteiger partial charge in [0, 0.05) is 43.5 Å². The fraction of sp³-hybridized carbons (Fsp3) is 0.290.